The van der Waals surface area contributed by atoms with Crippen molar-refractivity contribution < 1.29 is 0 Å². The highest BCUT2D eigenvalue weighted by Crippen LogP contribution is 1.94. The Bertz CT molecular complexity index is 156. The molecule has 0 bridgehead atoms. The Morgan fingerprint density at radius 2 is 1.78 bits per heavy atom. The summed E-state index contributed by atoms with van der Waals surface area (Å²) in [5, 5.41) is -0.0295. The van der Waals surface area contributed by atoms with Gasteiger partial charge in [-0.15, -0.1) is 0 Å². The molecule has 0 atom stereocenters. The number of hydrogen-bond acceptors (Lipinski definition) is 3. The van der Waals surface area contributed by atoms with Gasteiger partial charge in [0.1, 0.15) is 16.7 Å². The number of aliphatic imine (C=N–C) groups is 1. The van der Waals surface area contributed by atoms with Crippen LogP contribution in [-0.2, 0) is 0 Å². The van der Waals surface area contributed by atoms with Gasteiger partial charge < -0.3 is 17.2 Å². The van der Waals surface area contributed by atoms with Crippen LogP contribution >= 0.6 is 11.6 Å². The van der Waals surface area contributed by atoms with Gasteiger partial charge >= 0.3 is 0 Å². The number of amidine groups is 1. The number of hydrogen-bond donors (Lipinski definition) is 3. The van der Waals surface area contributed by atoms with Crippen molar-refractivity contribution in [2.24, 2.45) is 22.2 Å². The fraction of sp³-hybridized carbons (Fsp3) is 0.250. The number of halogens is 1. The van der Waals surface area contributed by atoms with Gasteiger partial charge in [0.15, 0.2) is 0 Å². The van der Waals surface area contributed by atoms with Crippen molar-refractivity contribution in [1.82, 2.24) is 0 Å². The molecule has 0 aliphatic rings. The van der Waals surface area contributed by atoms with Crippen LogP contribution in [0.5, 0.6) is 0 Å². The Balaban J connectivity index is 4.40. The summed E-state index contributed by atoms with van der Waals surface area (Å²) in [6.07, 6.45) is 0. The summed E-state index contributed by atoms with van der Waals surface area (Å²) >= 11 is 5.27. The second-order valence-electron chi connectivity index (χ2n) is 1.37. The van der Waals surface area contributed by atoms with E-state index in [2.05, 4.69) is 4.99 Å². The third-order valence-corrected chi connectivity index (χ3v) is 0.978. The Kier molecular flexibility index (Phi) is 2.87. The molecule has 0 rings (SSSR count). The smallest absolute Gasteiger partial charge is 0.144 e. The summed E-state index contributed by atoms with van der Waals surface area (Å²) in [7, 11) is 1.50. The van der Waals surface area contributed by atoms with Gasteiger partial charge in [-0.05, 0) is 0 Å². The van der Waals surface area contributed by atoms with Gasteiger partial charge in [-0.25, -0.2) is 0 Å². The fourth-order valence-corrected chi connectivity index (χ4v) is 0.340. The van der Waals surface area contributed by atoms with Crippen LogP contribution in [0, 0.1) is 0 Å². The van der Waals surface area contributed by atoms with E-state index in [1.54, 1.807) is 0 Å². The van der Waals surface area contributed by atoms with E-state index in [9.17, 15) is 0 Å². The fourth-order valence-electron chi connectivity index (χ4n) is 0.243. The summed E-state index contributed by atoms with van der Waals surface area (Å²) < 4.78 is 0. The van der Waals surface area contributed by atoms with Gasteiger partial charge in [0.05, 0.1) is 0 Å². The molecule has 0 spiro atoms. The first-order chi connectivity index (χ1) is 4.09. The zero-order valence-corrected chi connectivity index (χ0v) is 5.81. The molecule has 0 aliphatic carbocycles. The lowest BCUT2D eigenvalue weighted by atomic mass is 10.4. The molecule has 6 N–H and O–H groups in total. The largest absolute Gasteiger partial charge is 0.393 e. The standard InChI is InChI=1S/C4H9ClN4/c1-9-4(8)2(6)3(5)7/h6-7H2,1H3,(H2,8,9). The zero-order valence-electron chi connectivity index (χ0n) is 5.06. The van der Waals surface area contributed by atoms with E-state index in [0.29, 0.717) is 0 Å². The van der Waals surface area contributed by atoms with Crippen LogP contribution < -0.4 is 17.2 Å². The van der Waals surface area contributed by atoms with E-state index in [1.807, 2.05) is 0 Å². The van der Waals surface area contributed by atoms with Crippen molar-refractivity contribution in [2.45, 2.75) is 0 Å². The average molecular weight is 149 g/mol. The lowest BCUT2D eigenvalue weighted by molar-refractivity contribution is 1.30. The lowest BCUT2D eigenvalue weighted by Crippen LogP contribution is -2.23. The molecular formula is C4H9ClN4. The van der Waals surface area contributed by atoms with Gasteiger partial charge in [-0.2, -0.15) is 0 Å². The molecule has 0 aliphatic heterocycles. The van der Waals surface area contributed by atoms with Crippen LogP contribution in [0.15, 0.2) is 15.8 Å². The minimum Gasteiger partial charge on any atom is -0.393 e. The molecule has 9 heavy (non-hydrogen) atoms. The molecular weight excluding hydrogens is 140 g/mol. The van der Waals surface area contributed by atoms with Crippen LogP contribution in [-0.4, -0.2) is 12.9 Å². The van der Waals surface area contributed by atoms with Crippen molar-refractivity contribution in [3.63, 3.8) is 0 Å². The first-order valence-electron chi connectivity index (χ1n) is 2.23. The molecule has 0 amide bonds. The molecule has 0 fully saturated rings. The van der Waals surface area contributed by atoms with E-state index < -0.39 is 0 Å². The molecule has 4 nitrogen and oxygen atoms in total. The summed E-state index contributed by atoms with van der Waals surface area (Å²) in [6, 6.07) is 0. The van der Waals surface area contributed by atoms with Gasteiger partial charge in [-0.3, -0.25) is 4.99 Å². The second kappa shape index (κ2) is 3.19. The summed E-state index contributed by atoms with van der Waals surface area (Å²) in [5.41, 5.74) is 15.7. The molecule has 52 valence electrons. The van der Waals surface area contributed by atoms with Gasteiger partial charge in [-0.1, -0.05) is 11.6 Å². The molecule has 0 unspecified atom stereocenters. The normalized spacial score (nSPS) is 15.1. The van der Waals surface area contributed by atoms with E-state index in [0.717, 1.165) is 0 Å². The Morgan fingerprint density at radius 1 is 1.33 bits per heavy atom. The molecule has 0 aromatic rings. The Morgan fingerprint density at radius 3 is 1.89 bits per heavy atom. The zero-order chi connectivity index (χ0) is 7.44. The molecule has 0 saturated heterocycles. The van der Waals surface area contributed by atoms with Crippen molar-refractivity contribution in [3.05, 3.63) is 10.9 Å². The van der Waals surface area contributed by atoms with Crippen molar-refractivity contribution in [2.75, 3.05) is 7.05 Å². The van der Waals surface area contributed by atoms with Gasteiger partial charge in [0.2, 0.25) is 0 Å². The molecule has 0 aromatic heterocycles. The maximum atomic E-state index is 5.27. The highest BCUT2D eigenvalue weighted by atomic mass is 35.5. The topological polar surface area (TPSA) is 90.4 Å². The predicted molar refractivity (Wildman–Crippen MR) is 38.8 cm³/mol. The highest BCUT2D eigenvalue weighted by Gasteiger charge is 1.97. The minimum absolute atomic E-state index is 0.0295. The van der Waals surface area contributed by atoms with Crippen molar-refractivity contribution in [3.8, 4) is 0 Å². The first-order valence-corrected chi connectivity index (χ1v) is 2.60. The van der Waals surface area contributed by atoms with Crippen LogP contribution in [0.25, 0.3) is 0 Å². The second-order valence-corrected chi connectivity index (χ2v) is 1.78. The Hall–Kier alpha value is -0.900. The first kappa shape index (κ1) is 8.10. The lowest BCUT2D eigenvalue weighted by Gasteiger charge is -1.97. The van der Waals surface area contributed by atoms with Crippen LogP contribution in [0.2, 0.25) is 0 Å². The third kappa shape index (κ3) is 2.23. The van der Waals surface area contributed by atoms with Crippen molar-refractivity contribution >= 4 is 17.4 Å². The molecule has 5 heteroatoms. The van der Waals surface area contributed by atoms with E-state index in [4.69, 9.17) is 28.8 Å². The van der Waals surface area contributed by atoms with Gasteiger partial charge in [0, 0.05) is 7.05 Å². The summed E-state index contributed by atoms with van der Waals surface area (Å²) in [4.78, 5) is 3.56. The van der Waals surface area contributed by atoms with E-state index in [1.165, 1.54) is 7.05 Å². The maximum Gasteiger partial charge on any atom is 0.144 e. The molecule has 0 radical (unpaired) electrons. The van der Waals surface area contributed by atoms with Crippen LogP contribution in [0.1, 0.15) is 0 Å². The summed E-state index contributed by atoms with van der Waals surface area (Å²) in [5.74, 6) is 0.155. The number of nitrogens with zero attached hydrogens (tertiary/aromatic N) is 1. The third-order valence-electron chi connectivity index (χ3n) is 0.774. The number of nitrogens with two attached hydrogens (primary N) is 3. The van der Waals surface area contributed by atoms with Crippen LogP contribution in [0.3, 0.4) is 0 Å². The molecule has 0 heterocycles. The highest BCUT2D eigenvalue weighted by molar-refractivity contribution is 6.31. The monoisotopic (exact) mass is 148 g/mol. The molecule has 0 saturated carbocycles. The molecule has 0 aromatic carbocycles. The Labute approximate surface area is 58.4 Å². The summed E-state index contributed by atoms with van der Waals surface area (Å²) in [6.45, 7) is 0. The van der Waals surface area contributed by atoms with Crippen molar-refractivity contribution in [1.29, 1.82) is 0 Å². The number of rotatable bonds is 1. The average Bonchev–Trinajstić information content (AvgIpc) is 1.84. The van der Waals surface area contributed by atoms with E-state index >= 15 is 0 Å². The van der Waals surface area contributed by atoms with Crippen LogP contribution in [0.4, 0.5) is 0 Å². The maximum absolute atomic E-state index is 5.27. The SMILES string of the molecule is CN=C(N)C(N)=C(N)Cl. The minimum atomic E-state index is -0.0295. The van der Waals surface area contributed by atoms with E-state index in [-0.39, 0.29) is 16.7 Å². The van der Waals surface area contributed by atoms with Gasteiger partial charge in [0.25, 0.3) is 0 Å². The quantitative estimate of drug-likeness (QED) is 0.261. The predicted octanol–water partition coefficient (Wildman–Crippen LogP) is -0.701.